The Labute approximate surface area is 214 Å². The molecular formula is C24H22F5N3O3S2. The number of likely N-dealkylation sites (tertiary alicyclic amines) is 1. The summed E-state index contributed by atoms with van der Waals surface area (Å²) in [5, 5.41) is 1.64. The predicted molar refractivity (Wildman–Crippen MR) is 127 cm³/mol. The van der Waals surface area contributed by atoms with Crippen LogP contribution in [0.2, 0.25) is 0 Å². The molecule has 2 aromatic carbocycles. The molecule has 37 heavy (non-hydrogen) atoms. The van der Waals surface area contributed by atoms with Crippen LogP contribution < -0.4 is 9.46 Å². The summed E-state index contributed by atoms with van der Waals surface area (Å²) in [6, 6.07) is 6.29. The third kappa shape index (κ3) is 5.30. The van der Waals surface area contributed by atoms with Crippen molar-refractivity contribution >= 4 is 26.5 Å². The zero-order chi connectivity index (χ0) is 26.4. The summed E-state index contributed by atoms with van der Waals surface area (Å²) >= 11 is 1.03. The Bertz CT molecular complexity index is 1370. The molecule has 0 aliphatic carbocycles. The summed E-state index contributed by atoms with van der Waals surface area (Å²) in [5.41, 5.74) is 0.880. The summed E-state index contributed by atoms with van der Waals surface area (Å²) in [7, 11) is -4.30. The number of hydrogen-bond acceptors (Lipinski definition) is 6. The molecule has 1 fully saturated rings. The Kier molecular flexibility index (Phi) is 6.88. The number of fused-ring (bicyclic) bond motifs is 1. The Morgan fingerprint density at radius 1 is 1.08 bits per heavy atom. The highest BCUT2D eigenvalue weighted by Crippen LogP contribution is 2.48. The van der Waals surface area contributed by atoms with Crippen molar-refractivity contribution in [3.05, 3.63) is 70.7 Å². The molecular weight excluding hydrogens is 537 g/mol. The van der Waals surface area contributed by atoms with Crippen molar-refractivity contribution in [3.8, 4) is 5.75 Å². The van der Waals surface area contributed by atoms with Gasteiger partial charge in [0, 0.05) is 41.7 Å². The third-order valence-electron chi connectivity index (χ3n) is 6.78. The lowest BCUT2D eigenvalue weighted by atomic mass is 9.84. The van der Waals surface area contributed by atoms with Gasteiger partial charge in [0.05, 0.1) is 12.5 Å². The molecule has 3 heterocycles. The quantitative estimate of drug-likeness (QED) is 0.385. The molecule has 6 nitrogen and oxygen atoms in total. The number of ether oxygens (including phenoxy) is 1. The lowest BCUT2D eigenvalue weighted by Crippen LogP contribution is -2.44. The fourth-order valence-corrected chi connectivity index (χ4v) is 6.90. The minimum Gasteiger partial charge on any atom is -0.493 e. The summed E-state index contributed by atoms with van der Waals surface area (Å²) < 4.78 is 103. The minimum absolute atomic E-state index is 0.0730. The Morgan fingerprint density at radius 2 is 1.84 bits per heavy atom. The number of nitrogens with one attached hydrogen (secondary N) is 1. The minimum atomic E-state index is -4.38. The van der Waals surface area contributed by atoms with Crippen LogP contribution in [0.1, 0.15) is 42.5 Å². The number of rotatable bonds is 5. The van der Waals surface area contributed by atoms with E-state index in [0.717, 1.165) is 23.5 Å². The van der Waals surface area contributed by atoms with Gasteiger partial charge in [0.25, 0.3) is 10.0 Å². The number of aromatic nitrogens is 1. The van der Waals surface area contributed by atoms with Crippen LogP contribution in [0.4, 0.5) is 27.1 Å². The van der Waals surface area contributed by atoms with Crippen LogP contribution >= 0.6 is 11.3 Å². The molecule has 198 valence electrons. The summed E-state index contributed by atoms with van der Waals surface area (Å²) in [6.45, 7) is 0.238. The van der Waals surface area contributed by atoms with Gasteiger partial charge in [-0.3, -0.25) is 9.62 Å². The number of sulfonamides is 1. The lowest BCUT2D eigenvalue weighted by Gasteiger charge is -2.46. The van der Waals surface area contributed by atoms with Crippen molar-refractivity contribution in [1.82, 2.24) is 9.88 Å². The fraction of sp³-hybridized carbons (Fsp3) is 0.375. The number of thiazole rings is 1. The van der Waals surface area contributed by atoms with Crippen molar-refractivity contribution in [1.29, 1.82) is 0 Å². The molecule has 3 atom stereocenters. The first kappa shape index (κ1) is 25.9. The molecule has 0 saturated carbocycles. The number of piperidine rings is 1. The molecule has 0 radical (unpaired) electrons. The maximum absolute atomic E-state index is 15.2. The third-order valence-corrected chi connectivity index (χ3v) is 8.95. The van der Waals surface area contributed by atoms with Gasteiger partial charge in [-0.25, -0.2) is 22.2 Å². The molecule has 1 N–H and O–H groups in total. The predicted octanol–water partition coefficient (Wildman–Crippen LogP) is 6.06. The maximum Gasteiger partial charge on any atom is 0.391 e. The summed E-state index contributed by atoms with van der Waals surface area (Å²) in [4.78, 5) is 5.09. The van der Waals surface area contributed by atoms with Crippen molar-refractivity contribution < 1.29 is 35.1 Å². The van der Waals surface area contributed by atoms with Crippen LogP contribution in [-0.2, 0) is 10.0 Å². The highest BCUT2D eigenvalue weighted by atomic mass is 32.2. The molecule has 0 bridgehead atoms. The first-order valence-electron chi connectivity index (χ1n) is 11.5. The van der Waals surface area contributed by atoms with E-state index in [-0.39, 0.29) is 36.9 Å². The van der Waals surface area contributed by atoms with Crippen LogP contribution in [0, 0.1) is 17.6 Å². The average Bonchev–Trinajstić information content (AvgIpc) is 3.35. The normalized spacial score (nSPS) is 22.8. The zero-order valence-corrected chi connectivity index (χ0v) is 20.8. The van der Waals surface area contributed by atoms with Crippen LogP contribution in [-0.4, -0.2) is 37.6 Å². The monoisotopic (exact) mass is 559 g/mol. The first-order valence-corrected chi connectivity index (χ1v) is 13.9. The molecule has 13 heteroatoms. The molecule has 2 aliphatic rings. The van der Waals surface area contributed by atoms with Crippen molar-refractivity contribution in [2.75, 3.05) is 17.9 Å². The van der Waals surface area contributed by atoms with E-state index < -0.39 is 50.7 Å². The van der Waals surface area contributed by atoms with Crippen LogP contribution in [0.15, 0.2) is 52.9 Å². The number of halogens is 5. The van der Waals surface area contributed by atoms with E-state index in [1.165, 1.54) is 30.5 Å². The Balaban J connectivity index is 1.50. The van der Waals surface area contributed by atoms with E-state index in [4.69, 9.17) is 4.74 Å². The van der Waals surface area contributed by atoms with E-state index in [2.05, 4.69) is 9.71 Å². The van der Waals surface area contributed by atoms with Gasteiger partial charge in [-0.15, -0.1) is 11.3 Å². The molecule has 1 unspecified atom stereocenters. The maximum atomic E-state index is 15.2. The van der Waals surface area contributed by atoms with Crippen molar-refractivity contribution in [3.63, 3.8) is 0 Å². The van der Waals surface area contributed by atoms with Crippen LogP contribution in [0.3, 0.4) is 0 Å². The van der Waals surface area contributed by atoms with Gasteiger partial charge in [-0.2, -0.15) is 13.2 Å². The van der Waals surface area contributed by atoms with Gasteiger partial charge >= 0.3 is 6.18 Å². The topological polar surface area (TPSA) is 71.5 Å². The van der Waals surface area contributed by atoms with Gasteiger partial charge in [0.1, 0.15) is 22.3 Å². The van der Waals surface area contributed by atoms with Crippen molar-refractivity contribution in [2.45, 2.75) is 42.4 Å². The molecule has 5 rings (SSSR count). The van der Waals surface area contributed by atoms with E-state index in [0.29, 0.717) is 17.5 Å². The van der Waals surface area contributed by atoms with Gasteiger partial charge in [0.2, 0.25) is 0 Å². The number of nitrogens with zero attached hydrogens (tertiary/aromatic N) is 2. The van der Waals surface area contributed by atoms with E-state index in [1.807, 2.05) is 4.90 Å². The van der Waals surface area contributed by atoms with E-state index in [1.54, 1.807) is 5.38 Å². The molecule has 0 amide bonds. The first-order chi connectivity index (χ1) is 17.5. The summed E-state index contributed by atoms with van der Waals surface area (Å²) in [6.07, 6.45) is -2.98. The fourth-order valence-electron chi connectivity index (χ4n) is 5.03. The highest BCUT2D eigenvalue weighted by Gasteiger charge is 2.46. The number of hydrogen-bond donors (Lipinski definition) is 1. The Morgan fingerprint density at radius 3 is 2.51 bits per heavy atom. The van der Waals surface area contributed by atoms with Crippen molar-refractivity contribution in [2.24, 2.45) is 5.92 Å². The number of benzene rings is 2. The average molecular weight is 560 g/mol. The number of alkyl halides is 3. The summed E-state index contributed by atoms with van der Waals surface area (Å²) in [5.74, 6) is -2.90. The second-order valence-electron chi connectivity index (χ2n) is 8.98. The van der Waals surface area contributed by atoms with Gasteiger partial charge in [-0.1, -0.05) is 12.1 Å². The molecule has 1 aromatic heterocycles. The number of anilines is 1. The SMILES string of the molecule is O=S(=O)(Nc1nccs1)c1cc2c(cc1F)[C@H](N1CCC(C(F)(F)F)C[C@H]1c1ccc(F)cc1)CCO2. The zero-order valence-electron chi connectivity index (χ0n) is 19.2. The van der Waals surface area contributed by atoms with Crippen LogP contribution in [0.5, 0.6) is 5.75 Å². The second kappa shape index (κ2) is 9.84. The standard InChI is InChI=1S/C24H22F5N3O3S2/c25-16-3-1-14(2-4-16)20-11-15(24(27,28)29)5-8-32(20)19-6-9-35-21-13-22(18(26)12-17(19)21)37(33,34)31-23-30-7-10-36-23/h1-4,7,10,12-13,15,19-20H,5-6,8-9,11H2,(H,30,31)/t15?,19-,20+/m1/s1. The van der Waals surface area contributed by atoms with Crippen LogP contribution in [0.25, 0.3) is 0 Å². The van der Waals surface area contributed by atoms with Gasteiger partial charge < -0.3 is 4.74 Å². The highest BCUT2D eigenvalue weighted by molar-refractivity contribution is 7.93. The van der Waals surface area contributed by atoms with E-state index in [9.17, 15) is 26.0 Å². The van der Waals surface area contributed by atoms with E-state index >= 15 is 4.39 Å². The van der Waals surface area contributed by atoms with Gasteiger partial charge in [-0.05, 0) is 43.1 Å². The molecule has 2 aliphatic heterocycles. The molecule has 3 aromatic rings. The lowest BCUT2D eigenvalue weighted by molar-refractivity contribution is -0.192. The smallest absolute Gasteiger partial charge is 0.391 e. The Hall–Kier alpha value is -2.77. The molecule has 0 spiro atoms. The van der Waals surface area contributed by atoms with Gasteiger partial charge in [0.15, 0.2) is 5.13 Å². The largest absolute Gasteiger partial charge is 0.493 e. The second-order valence-corrected chi connectivity index (χ2v) is 11.5. The molecule has 1 saturated heterocycles.